The molecule has 0 bridgehead atoms. The van der Waals surface area contributed by atoms with Gasteiger partial charge in [-0.1, -0.05) is 29.8 Å². The van der Waals surface area contributed by atoms with Crippen molar-refractivity contribution in [2.75, 3.05) is 25.4 Å². The number of nitrogens with zero attached hydrogens (tertiary/aromatic N) is 1. The summed E-state index contributed by atoms with van der Waals surface area (Å²) in [6.45, 7) is 8.41. The Bertz CT molecular complexity index is 340. The van der Waals surface area contributed by atoms with Crippen molar-refractivity contribution in [2.24, 2.45) is 5.73 Å². The van der Waals surface area contributed by atoms with Crippen LogP contribution in [0.15, 0.2) is 27.6 Å². The first kappa shape index (κ1) is 15.0. The number of nitrogens with two attached hydrogens (primary N) is 1. The average molecular weight is 317 g/mol. The third-order valence-electron chi connectivity index (χ3n) is 2.80. The summed E-state index contributed by atoms with van der Waals surface area (Å²) in [6.07, 6.45) is 0. The molecule has 2 nitrogen and oxygen atoms in total. The number of thioether (sulfide) groups is 1. The van der Waals surface area contributed by atoms with Gasteiger partial charge in [-0.15, -0.1) is 11.8 Å². The monoisotopic (exact) mass is 316 g/mol. The van der Waals surface area contributed by atoms with E-state index < -0.39 is 0 Å². The Balaban J connectivity index is 2.51. The quantitative estimate of drug-likeness (QED) is 0.782. The molecule has 17 heavy (non-hydrogen) atoms. The highest BCUT2D eigenvalue weighted by Crippen LogP contribution is 2.25. The summed E-state index contributed by atoms with van der Waals surface area (Å²) >= 11 is 5.37. The zero-order chi connectivity index (χ0) is 12.7. The van der Waals surface area contributed by atoms with Crippen molar-refractivity contribution < 1.29 is 0 Å². The van der Waals surface area contributed by atoms with Gasteiger partial charge in [0.2, 0.25) is 0 Å². The van der Waals surface area contributed by atoms with E-state index in [9.17, 15) is 0 Å². The van der Waals surface area contributed by atoms with Crippen LogP contribution in [0.1, 0.15) is 19.4 Å². The van der Waals surface area contributed by atoms with Crippen molar-refractivity contribution in [3.8, 4) is 0 Å². The van der Waals surface area contributed by atoms with Crippen molar-refractivity contribution in [1.29, 1.82) is 0 Å². The third-order valence-corrected chi connectivity index (χ3v) is 4.39. The molecule has 0 saturated heterocycles. The zero-order valence-electron chi connectivity index (χ0n) is 10.6. The lowest BCUT2D eigenvalue weighted by Gasteiger charge is -2.17. The maximum Gasteiger partial charge on any atom is 0.0189 e. The highest BCUT2D eigenvalue weighted by atomic mass is 79.9. The standard InChI is InChI=1S/C13H21BrN2S/c1-3-16(4-2)7-8-17-13-6-5-12(14)9-11(13)10-15/h5-6,9H,3-4,7-8,10,15H2,1-2H3. The molecule has 1 rings (SSSR count). The number of hydrogen-bond acceptors (Lipinski definition) is 3. The van der Waals surface area contributed by atoms with Gasteiger partial charge in [-0.3, -0.25) is 0 Å². The lowest BCUT2D eigenvalue weighted by atomic mass is 10.2. The molecule has 0 aromatic heterocycles. The highest BCUT2D eigenvalue weighted by molar-refractivity contribution is 9.10. The van der Waals surface area contributed by atoms with Gasteiger partial charge in [0.05, 0.1) is 0 Å². The van der Waals surface area contributed by atoms with Gasteiger partial charge < -0.3 is 10.6 Å². The molecule has 0 spiro atoms. The van der Waals surface area contributed by atoms with E-state index >= 15 is 0 Å². The summed E-state index contributed by atoms with van der Waals surface area (Å²) in [5, 5.41) is 0. The van der Waals surface area contributed by atoms with Crippen molar-refractivity contribution in [1.82, 2.24) is 4.90 Å². The minimum absolute atomic E-state index is 0.604. The van der Waals surface area contributed by atoms with Crippen LogP contribution in [0.4, 0.5) is 0 Å². The van der Waals surface area contributed by atoms with E-state index in [0.29, 0.717) is 6.54 Å². The van der Waals surface area contributed by atoms with E-state index in [1.807, 2.05) is 11.8 Å². The Morgan fingerprint density at radius 1 is 1.29 bits per heavy atom. The summed E-state index contributed by atoms with van der Waals surface area (Å²) in [5.41, 5.74) is 6.98. The largest absolute Gasteiger partial charge is 0.326 e. The maximum absolute atomic E-state index is 5.76. The first-order valence-electron chi connectivity index (χ1n) is 6.04. The van der Waals surface area contributed by atoms with E-state index in [-0.39, 0.29) is 0 Å². The van der Waals surface area contributed by atoms with Crippen LogP contribution in [0.5, 0.6) is 0 Å². The predicted octanol–water partition coefficient (Wildman–Crippen LogP) is 3.34. The highest BCUT2D eigenvalue weighted by Gasteiger charge is 2.04. The summed E-state index contributed by atoms with van der Waals surface area (Å²) in [7, 11) is 0. The van der Waals surface area contributed by atoms with Crippen LogP contribution in [0.25, 0.3) is 0 Å². The fourth-order valence-electron chi connectivity index (χ4n) is 1.67. The van der Waals surface area contributed by atoms with E-state index in [1.54, 1.807) is 0 Å². The Kier molecular flexibility index (Phi) is 7.19. The summed E-state index contributed by atoms with van der Waals surface area (Å²) in [5.74, 6) is 1.12. The minimum Gasteiger partial charge on any atom is -0.326 e. The lowest BCUT2D eigenvalue weighted by Crippen LogP contribution is -2.25. The van der Waals surface area contributed by atoms with Gasteiger partial charge in [0, 0.05) is 28.2 Å². The molecular weight excluding hydrogens is 296 g/mol. The van der Waals surface area contributed by atoms with Crippen molar-refractivity contribution in [3.63, 3.8) is 0 Å². The Labute approximate surface area is 117 Å². The van der Waals surface area contributed by atoms with Crippen molar-refractivity contribution in [3.05, 3.63) is 28.2 Å². The molecule has 0 amide bonds. The lowest BCUT2D eigenvalue weighted by molar-refractivity contribution is 0.324. The molecule has 4 heteroatoms. The Morgan fingerprint density at radius 3 is 2.59 bits per heavy atom. The molecular formula is C13H21BrN2S. The number of rotatable bonds is 7. The minimum atomic E-state index is 0.604. The normalized spacial score (nSPS) is 11.1. The summed E-state index contributed by atoms with van der Waals surface area (Å²) in [6, 6.07) is 6.35. The maximum atomic E-state index is 5.76. The molecule has 0 saturated carbocycles. The summed E-state index contributed by atoms with van der Waals surface area (Å²) < 4.78 is 1.10. The smallest absolute Gasteiger partial charge is 0.0189 e. The van der Waals surface area contributed by atoms with Gasteiger partial charge in [0.25, 0.3) is 0 Å². The van der Waals surface area contributed by atoms with Gasteiger partial charge in [-0.05, 0) is 36.9 Å². The number of benzene rings is 1. The second-order valence-corrected chi connectivity index (χ2v) is 5.88. The molecule has 1 aromatic rings. The van der Waals surface area contributed by atoms with Crippen LogP contribution in [0.3, 0.4) is 0 Å². The van der Waals surface area contributed by atoms with Crippen LogP contribution in [-0.4, -0.2) is 30.3 Å². The fraction of sp³-hybridized carbons (Fsp3) is 0.538. The molecule has 0 fully saturated rings. The molecule has 0 radical (unpaired) electrons. The molecule has 0 atom stereocenters. The first-order chi connectivity index (χ1) is 8.21. The average Bonchev–Trinajstić information content (AvgIpc) is 2.36. The van der Waals surface area contributed by atoms with E-state index in [4.69, 9.17) is 5.73 Å². The van der Waals surface area contributed by atoms with Crippen LogP contribution in [0.2, 0.25) is 0 Å². The molecule has 1 aromatic carbocycles. The van der Waals surface area contributed by atoms with Crippen molar-refractivity contribution >= 4 is 27.7 Å². The molecule has 2 N–H and O–H groups in total. The topological polar surface area (TPSA) is 29.3 Å². The van der Waals surface area contributed by atoms with Crippen LogP contribution in [0, 0.1) is 0 Å². The van der Waals surface area contributed by atoms with Gasteiger partial charge in [0.15, 0.2) is 0 Å². The SMILES string of the molecule is CCN(CC)CCSc1ccc(Br)cc1CN. The second kappa shape index (κ2) is 8.14. The molecule has 0 heterocycles. The van der Waals surface area contributed by atoms with E-state index in [0.717, 1.165) is 29.9 Å². The molecule has 0 unspecified atom stereocenters. The van der Waals surface area contributed by atoms with Gasteiger partial charge in [0.1, 0.15) is 0 Å². The van der Waals surface area contributed by atoms with Crippen molar-refractivity contribution in [2.45, 2.75) is 25.3 Å². The van der Waals surface area contributed by atoms with Gasteiger partial charge in [-0.25, -0.2) is 0 Å². The van der Waals surface area contributed by atoms with E-state index in [2.05, 4.69) is 52.9 Å². The number of hydrogen-bond donors (Lipinski definition) is 1. The van der Waals surface area contributed by atoms with Gasteiger partial charge >= 0.3 is 0 Å². The van der Waals surface area contributed by atoms with Crippen LogP contribution in [-0.2, 0) is 6.54 Å². The predicted molar refractivity (Wildman–Crippen MR) is 80.5 cm³/mol. The summed E-state index contributed by atoms with van der Waals surface area (Å²) in [4.78, 5) is 3.75. The first-order valence-corrected chi connectivity index (χ1v) is 7.82. The van der Waals surface area contributed by atoms with E-state index in [1.165, 1.54) is 10.5 Å². The molecule has 0 aliphatic carbocycles. The Hall–Kier alpha value is -0.0300. The second-order valence-electron chi connectivity index (χ2n) is 3.83. The van der Waals surface area contributed by atoms with Gasteiger partial charge in [-0.2, -0.15) is 0 Å². The molecule has 0 aliphatic heterocycles. The molecule has 96 valence electrons. The third kappa shape index (κ3) is 5.00. The van der Waals surface area contributed by atoms with Crippen LogP contribution < -0.4 is 5.73 Å². The Morgan fingerprint density at radius 2 is 2.00 bits per heavy atom. The zero-order valence-corrected chi connectivity index (χ0v) is 13.0. The number of halogens is 1. The molecule has 0 aliphatic rings. The van der Waals surface area contributed by atoms with Crippen LogP contribution >= 0.6 is 27.7 Å². The fourth-order valence-corrected chi connectivity index (χ4v) is 3.14.